The highest BCUT2D eigenvalue weighted by atomic mass is 32.1. The molecule has 5 heteroatoms. The molecule has 1 aliphatic rings. The van der Waals surface area contributed by atoms with E-state index in [1.54, 1.807) is 14.2 Å². The van der Waals surface area contributed by atoms with E-state index in [1.165, 1.54) is 23.1 Å². The number of hydrogen-bond donors (Lipinski definition) is 2. The summed E-state index contributed by atoms with van der Waals surface area (Å²) in [6, 6.07) is 14.9. The number of aryl methyl sites for hydroxylation is 1. The Morgan fingerprint density at radius 1 is 1.12 bits per heavy atom. The van der Waals surface area contributed by atoms with Crippen molar-refractivity contribution in [2.24, 2.45) is 0 Å². The highest BCUT2D eigenvalue weighted by Crippen LogP contribution is 2.29. The number of nitrogens with one attached hydrogen (secondary N) is 2. The van der Waals surface area contributed by atoms with E-state index in [1.807, 2.05) is 12.1 Å². The minimum Gasteiger partial charge on any atom is -0.493 e. The fraction of sp³-hybridized carbons (Fsp3) is 0.381. The lowest BCUT2D eigenvalue weighted by molar-refractivity contribution is 0.354. The molecular weight excluding hydrogens is 344 g/mol. The first kappa shape index (κ1) is 18.5. The third-order valence-corrected chi connectivity index (χ3v) is 5.08. The number of ether oxygens (including phenoxy) is 2. The Morgan fingerprint density at radius 3 is 2.73 bits per heavy atom. The summed E-state index contributed by atoms with van der Waals surface area (Å²) in [5.41, 5.74) is 3.99. The van der Waals surface area contributed by atoms with E-state index in [-0.39, 0.29) is 0 Å². The molecule has 0 saturated heterocycles. The summed E-state index contributed by atoms with van der Waals surface area (Å²) in [5.74, 6) is 1.50. The maximum atomic E-state index is 5.50. The van der Waals surface area contributed by atoms with Gasteiger partial charge in [0.05, 0.1) is 20.3 Å². The Kier molecular flexibility index (Phi) is 6.34. The van der Waals surface area contributed by atoms with Crippen LogP contribution in [0.15, 0.2) is 42.5 Å². The van der Waals surface area contributed by atoms with Gasteiger partial charge in [0.15, 0.2) is 16.6 Å². The highest BCUT2D eigenvalue weighted by Gasteiger charge is 2.20. The van der Waals surface area contributed by atoms with Crippen LogP contribution in [0.4, 0.5) is 0 Å². The molecule has 0 aromatic heterocycles. The monoisotopic (exact) mass is 370 g/mol. The third kappa shape index (κ3) is 4.47. The number of methoxy groups -OCH3 is 2. The Hall–Kier alpha value is -2.27. The van der Waals surface area contributed by atoms with Crippen LogP contribution in [0.1, 0.15) is 35.6 Å². The van der Waals surface area contributed by atoms with Gasteiger partial charge >= 0.3 is 0 Å². The van der Waals surface area contributed by atoms with Gasteiger partial charge < -0.3 is 20.1 Å². The van der Waals surface area contributed by atoms with E-state index >= 15 is 0 Å². The molecule has 0 fully saturated rings. The van der Waals surface area contributed by atoms with Crippen molar-refractivity contribution in [3.8, 4) is 11.5 Å². The van der Waals surface area contributed by atoms with Crippen LogP contribution in [0.3, 0.4) is 0 Å². The Bertz CT molecular complexity index is 763. The van der Waals surface area contributed by atoms with Crippen molar-refractivity contribution < 1.29 is 9.47 Å². The first-order chi connectivity index (χ1) is 12.7. The maximum absolute atomic E-state index is 5.50. The highest BCUT2D eigenvalue weighted by molar-refractivity contribution is 7.80. The first-order valence-corrected chi connectivity index (χ1v) is 9.45. The predicted molar refractivity (Wildman–Crippen MR) is 109 cm³/mol. The molecule has 1 atom stereocenters. The van der Waals surface area contributed by atoms with E-state index in [2.05, 4.69) is 41.0 Å². The summed E-state index contributed by atoms with van der Waals surface area (Å²) in [5, 5.41) is 7.52. The zero-order chi connectivity index (χ0) is 18.4. The Balaban J connectivity index is 1.51. The summed E-state index contributed by atoms with van der Waals surface area (Å²) >= 11 is 5.50. The number of hydrogen-bond acceptors (Lipinski definition) is 3. The average Bonchev–Trinajstić information content (AvgIpc) is 2.68. The molecule has 2 aromatic rings. The summed E-state index contributed by atoms with van der Waals surface area (Å²) in [4.78, 5) is 0. The molecule has 0 bridgehead atoms. The SMILES string of the molecule is COc1ccc(CCNC(=S)NC2CCCc3ccccc32)cc1OC. The lowest BCUT2D eigenvalue weighted by Crippen LogP contribution is -2.39. The van der Waals surface area contributed by atoms with Crippen LogP contribution in [0, 0.1) is 0 Å². The zero-order valence-electron chi connectivity index (χ0n) is 15.4. The molecule has 0 amide bonds. The van der Waals surface area contributed by atoms with Crippen molar-refractivity contribution in [2.75, 3.05) is 20.8 Å². The predicted octanol–water partition coefficient (Wildman–Crippen LogP) is 3.79. The molecule has 4 nitrogen and oxygen atoms in total. The minimum atomic E-state index is 0.307. The summed E-state index contributed by atoms with van der Waals surface area (Å²) < 4.78 is 10.6. The van der Waals surface area contributed by atoms with Gasteiger partial charge in [0, 0.05) is 6.54 Å². The number of benzene rings is 2. The van der Waals surface area contributed by atoms with Gasteiger partial charge in [-0.2, -0.15) is 0 Å². The number of rotatable bonds is 6. The van der Waals surface area contributed by atoms with E-state index in [9.17, 15) is 0 Å². The lowest BCUT2D eigenvalue weighted by Gasteiger charge is -2.27. The molecular formula is C21H26N2O2S. The Morgan fingerprint density at radius 2 is 1.92 bits per heavy atom. The molecule has 1 aliphatic carbocycles. The van der Waals surface area contributed by atoms with Gasteiger partial charge in [-0.05, 0) is 66.7 Å². The molecule has 3 rings (SSSR count). The third-order valence-electron chi connectivity index (χ3n) is 4.82. The molecule has 0 aliphatic heterocycles. The molecule has 0 spiro atoms. The van der Waals surface area contributed by atoms with Gasteiger partial charge in [0.25, 0.3) is 0 Å². The summed E-state index contributed by atoms with van der Waals surface area (Å²) in [7, 11) is 3.30. The Labute approximate surface area is 160 Å². The van der Waals surface area contributed by atoms with Crippen molar-refractivity contribution in [2.45, 2.75) is 31.7 Å². The normalized spacial score (nSPS) is 15.7. The van der Waals surface area contributed by atoms with Gasteiger partial charge in [0.2, 0.25) is 0 Å². The molecule has 0 heterocycles. The molecule has 138 valence electrons. The molecule has 0 saturated carbocycles. The molecule has 2 aromatic carbocycles. The molecule has 0 radical (unpaired) electrons. The van der Waals surface area contributed by atoms with Gasteiger partial charge in [-0.1, -0.05) is 30.3 Å². The van der Waals surface area contributed by atoms with Crippen LogP contribution >= 0.6 is 12.2 Å². The topological polar surface area (TPSA) is 42.5 Å². The second kappa shape index (κ2) is 8.90. The van der Waals surface area contributed by atoms with Crippen molar-refractivity contribution in [1.82, 2.24) is 10.6 Å². The minimum absolute atomic E-state index is 0.307. The lowest BCUT2D eigenvalue weighted by atomic mass is 9.88. The van der Waals surface area contributed by atoms with Crippen molar-refractivity contribution >= 4 is 17.3 Å². The van der Waals surface area contributed by atoms with E-state index < -0.39 is 0 Å². The van der Waals surface area contributed by atoms with Gasteiger partial charge in [-0.25, -0.2) is 0 Å². The second-order valence-corrected chi connectivity index (χ2v) is 6.89. The molecule has 2 N–H and O–H groups in total. The molecule has 26 heavy (non-hydrogen) atoms. The van der Waals surface area contributed by atoms with E-state index in [0.29, 0.717) is 11.2 Å². The standard InChI is InChI=1S/C21H26N2O2S/c1-24-19-11-10-15(14-20(19)25-2)12-13-22-21(26)23-18-9-5-7-16-6-3-4-8-17(16)18/h3-4,6,8,10-11,14,18H,5,7,9,12-13H2,1-2H3,(H2,22,23,26). The van der Waals surface area contributed by atoms with Crippen LogP contribution in [0.25, 0.3) is 0 Å². The summed E-state index contributed by atoms with van der Waals surface area (Å²) in [6.07, 6.45) is 4.34. The van der Waals surface area contributed by atoms with Crippen LogP contribution in [0.2, 0.25) is 0 Å². The van der Waals surface area contributed by atoms with Crippen molar-refractivity contribution in [3.05, 3.63) is 59.2 Å². The van der Waals surface area contributed by atoms with Gasteiger partial charge in [-0.3, -0.25) is 0 Å². The van der Waals surface area contributed by atoms with Crippen LogP contribution in [-0.2, 0) is 12.8 Å². The first-order valence-electron chi connectivity index (χ1n) is 9.04. The maximum Gasteiger partial charge on any atom is 0.166 e. The van der Waals surface area contributed by atoms with Crippen molar-refractivity contribution in [1.29, 1.82) is 0 Å². The average molecular weight is 371 g/mol. The van der Waals surface area contributed by atoms with Crippen LogP contribution in [-0.4, -0.2) is 25.9 Å². The van der Waals surface area contributed by atoms with Crippen LogP contribution < -0.4 is 20.1 Å². The van der Waals surface area contributed by atoms with E-state index in [4.69, 9.17) is 21.7 Å². The van der Waals surface area contributed by atoms with Crippen LogP contribution in [0.5, 0.6) is 11.5 Å². The fourth-order valence-electron chi connectivity index (χ4n) is 3.47. The zero-order valence-corrected chi connectivity index (χ0v) is 16.2. The largest absolute Gasteiger partial charge is 0.493 e. The second-order valence-electron chi connectivity index (χ2n) is 6.48. The van der Waals surface area contributed by atoms with E-state index in [0.717, 1.165) is 37.3 Å². The summed E-state index contributed by atoms with van der Waals surface area (Å²) in [6.45, 7) is 0.773. The van der Waals surface area contributed by atoms with Gasteiger partial charge in [0.1, 0.15) is 0 Å². The smallest absolute Gasteiger partial charge is 0.166 e. The number of fused-ring (bicyclic) bond motifs is 1. The van der Waals surface area contributed by atoms with Crippen molar-refractivity contribution in [3.63, 3.8) is 0 Å². The quantitative estimate of drug-likeness (QED) is 0.758. The number of thiocarbonyl (C=S) groups is 1. The van der Waals surface area contributed by atoms with Gasteiger partial charge in [-0.15, -0.1) is 0 Å². The molecule has 1 unspecified atom stereocenters. The fourth-order valence-corrected chi connectivity index (χ4v) is 3.71.